The number of nitrogens with zero attached hydrogens (tertiary/aromatic N) is 7. The van der Waals surface area contributed by atoms with Crippen molar-refractivity contribution in [1.82, 2.24) is 29.7 Å². The van der Waals surface area contributed by atoms with Crippen molar-refractivity contribution in [3.63, 3.8) is 0 Å². The molecule has 3 aromatic rings. The summed E-state index contributed by atoms with van der Waals surface area (Å²) in [5, 5.41) is 4.74. The number of H-pyrrole nitrogens is 1. The van der Waals surface area contributed by atoms with Crippen molar-refractivity contribution in [3.8, 4) is 0 Å². The average Bonchev–Trinajstić information content (AvgIpc) is 3.39. The van der Waals surface area contributed by atoms with Crippen LogP contribution in [-0.4, -0.2) is 113 Å². The molecule has 1 spiro atoms. The van der Waals surface area contributed by atoms with Crippen molar-refractivity contribution in [1.29, 1.82) is 0 Å². The van der Waals surface area contributed by atoms with E-state index < -0.39 is 11.3 Å². The van der Waals surface area contributed by atoms with Gasteiger partial charge >= 0.3 is 6.09 Å². The van der Waals surface area contributed by atoms with E-state index in [4.69, 9.17) is 9.72 Å². The SMILES string of the molecule is CN1CCN(c2cc3cc(n2)N2CCN(C)C4(C=C(CCN4C(=O)OC(C)(C)C)c4cc5c(ccnc5[nH]4)N3)C2)CC1. The van der Waals surface area contributed by atoms with E-state index in [2.05, 4.69) is 73.3 Å². The van der Waals surface area contributed by atoms with E-state index in [1.165, 1.54) is 5.57 Å². The molecular weight excluding hydrogens is 530 g/mol. The van der Waals surface area contributed by atoms with Crippen LogP contribution in [0.1, 0.15) is 32.9 Å². The summed E-state index contributed by atoms with van der Waals surface area (Å²) in [7, 11) is 4.28. The molecule has 0 saturated carbocycles. The van der Waals surface area contributed by atoms with Gasteiger partial charge in [-0.1, -0.05) is 0 Å². The lowest BCUT2D eigenvalue weighted by Gasteiger charge is -2.55. The maximum Gasteiger partial charge on any atom is 0.412 e. The summed E-state index contributed by atoms with van der Waals surface area (Å²) >= 11 is 0. The molecule has 2 N–H and O–H groups in total. The number of anilines is 4. The Morgan fingerprint density at radius 1 is 0.976 bits per heavy atom. The minimum Gasteiger partial charge on any atom is -0.444 e. The third kappa shape index (κ3) is 4.74. The molecule has 11 nitrogen and oxygen atoms in total. The predicted molar refractivity (Wildman–Crippen MR) is 166 cm³/mol. The third-order valence-electron chi connectivity index (χ3n) is 8.99. The van der Waals surface area contributed by atoms with Crippen LogP contribution in [0.5, 0.6) is 0 Å². The maximum atomic E-state index is 13.8. The van der Waals surface area contributed by atoms with Gasteiger partial charge in [0.2, 0.25) is 0 Å². The molecule has 0 aliphatic carbocycles. The van der Waals surface area contributed by atoms with Gasteiger partial charge in [0.05, 0.1) is 12.2 Å². The van der Waals surface area contributed by atoms with Gasteiger partial charge in [0.1, 0.15) is 28.5 Å². The Bertz CT molecular complexity index is 1550. The molecule has 3 aromatic heterocycles. The fourth-order valence-corrected chi connectivity index (χ4v) is 6.62. The summed E-state index contributed by atoms with van der Waals surface area (Å²) in [5.41, 5.74) is 3.72. The second-order valence-electron chi connectivity index (χ2n) is 13.1. The first-order chi connectivity index (χ1) is 20.1. The number of pyridine rings is 2. The molecule has 1 amide bonds. The topological polar surface area (TPSA) is 96.1 Å². The highest BCUT2D eigenvalue weighted by Crippen LogP contribution is 2.40. The molecular formula is C31H41N9O2. The highest BCUT2D eigenvalue weighted by molar-refractivity contribution is 5.94. The summed E-state index contributed by atoms with van der Waals surface area (Å²) < 4.78 is 5.98. The number of carbonyl (C=O) groups is 1. The Balaban J connectivity index is 1.40. The zero-order valence-corrected chi connectivity index (χ0v) is 25.3. The number of carbonyl (C=O) groups excluding carboxylic acids is 1. The number of rotatable bonds is 1. The van der Waals surface area contributed by atoms with Gasteiger partial charge in [-0.2, -0.15) is 0 Å². The summed E-state index contributed by atoms with van der Waals surface area (Å²) in [4.78, 5) is 38.5. The standard InChI is InChI=1S/C31H41N9O2/c1-30(2,3)42-29(41)40-9-7-21-19-31(40)20-39(15-12-37(31)5)27-17-22(16-26(35-27)38-13-10-36(4)11-14-38)33-24-6-8-32-28-23(24)18-25(21)34-28/h6,8,16-19,33H,7,9-15,20H2,1-5H3,(H,32,34). The second-order valence-corrected chi connectivity index (χ2v) is 13.1. The predicted octanol–water partition coefficient (Wildman–Crippen LogP) is 3.94. The van der Waals surface area contributed by atoms with Crippen molar-refractivity contribution in [2.24, 2.45) is 0 Å². The second kappa shape index (κ2) is 9.88. The number of aromatic nitrogens is 3. The van der Waals surface area contributed by atoms with Crippen LogP contribution in [0.2, 0.25) is 0 Å². The van der Waals surface area contributed by atoms with Crippen LogP contribution in [0.15, 0.2) is 36.5 Å². The Hall–Kier alpha value is -3.83. The average molecular weight is 572 g/mol. The number of amides is 1. The molecule has 222 valence electrons. The van der Waals surface area contributed by atoms with Crippen LogP contribution in [0, 0.1) is 0 Å². The zero-order valence-electron chi connectivity index (χ0n) is 25.3. The number of hydrogen-bond acceptors (Lipinski definition) is 9. The Labute approximate surface area is 247 Å². The van der Waals surface area contributed by atoms with Crippen LogP contribution >= 0.6 is 0 Å². The molecule has 1 unspecified atom stereocenters. The Kier molecular flexibility index (Phi) is 6.36. The first-order valence-electron chi connectivity index (χ1n) is 15.0. The van der Waals surface area contributed by atoms with Crippen LogP contribution < -0.4 is 15.1 Å². The van der Waals surface area contributed by atoms with E-state index in [1.807, 2.05) is 37.9 Å². The normalized spacial score (nSPS) is 23.2. The molecule has 11 heteroatoms. The molecule has 2 saturated heterocycles. The van der Waals surface area contributed by atoms with Gasteiger partial charge in [-0.15, -0.1) is 0 Å². The minimum absolute atomic E-state index is 0.294. The van der Waals surface area contributed by atoms with Gasteiger partial charge in [-0.05, 0) is 65.1 Å². The highest BCUT2D eigenvalue weighted by atomic mass is 16.6. The van der Waals surface area contributed by atoms with Gasteiger partial charge in [-0.25, -0.2) is 14.8 Å². The number of fused-ring (bicyclic) bond motifs is 6. The van der Waals surface area contributed by atoms with Gasteiger partial charge in [0.25, 0.3) is 0 Å². The molecule has 0 radical (unpaired) electrons. The minimum atomic E-state index is -0.713. The van der Waals surface area contributed by atoms with Crippen molar-refractivity contribution in [3.05, 3.63) is 42.2 Å². The molecule has 7 bridgehead atoms. The highest BCUT2D eigenvalue weighted by Gasteiger charge is 2.49. The summed E-state index contributed by atoms with van der Waals surface area (Å²) in [6.45, 7) is 12.3. The van der Waals surface area contributed by atoms with E-state index in [1.54, 1.807) is 0 Å². The van der Waals surface area contributed by atoms with Gasteiger partial charge in [0, 0.05) is 80.9 Å². The number of piperazine rings is 2. The lowest BCUT2D eigenvalue weighted by Crippen LogP contribution is -2.70. The van der Waals surface area contributed by atoms with Crippen molar-refractivity contribution < 1.29 is 9.53 Å². The summed E-state index contributed by atoms with van der Waals surface area (Å²) in [5.74, 6) is 1.87. The molecule has 0 aromatic carbocycles. The molecule has 42 heavy (non-hydrogen) atoms. The van der Waals surface area contributed by atoms with Gasteiger partial charge in [-0.3, -0.25) is 9.80 Å². The number of hydrogen-bond donors (Lipinski definition) is 2. The van der Waals surface area contributed by atoms with Gasteiger partial charge in [0.15, 0.2) is 0 Å². The summed E-state index contributed by atoms with van der Waals surface area (Å²) in [6.07, 6.45) is 4.53. The number of ether oxygens (including phenoxy) is 1. The van der Waals surface area contributed by atoms with Crippen LogP contribution in [-0.2, 0) is 4.74 Å². The van der Waals surface area contributed by atoms with E-state index in [-0.39, 0.29) is 6.09 Å². The fourth-order valence-electron chi connectivity index (χ4n) is 6.62. The molecule has 7 heterocycles. The van der Waals surface area contributed by atoms with E-state index in [0.717, 1.165) is 79.0 Å². The van der Waals surface area contributed by atoms with Crippen molar-refractivity contribution in [2.75, 3.05) is 81.6 Å². The van der Waals surface area contributed by atoms with Crippen molar-refractivity contribution in [2.45, 2.75) is 38.5 Å². The van der Waals surface area contributed by atoms with Crippen LogP contribution in [0.3, 0.4) is 0 Å². The monoisotopic (exact) mass is 571 g/mol. The van der Waals surface area contributed by atoms with Crippen molar-refractivity contribution >= 4 is 45.7 Å². The molecule has 4 aliphatic rings. The number of likely N-dealkylation sites (N-methyl/N-ethyl adjacent to an activating group) is 2. The van der Waals surface area contributed by atoms with E-state index in [9.17, 15) is 4.79 Å². The first-order valence-corrected chi connectivity index (χ1v) is 15.0. The molecule has 4 aliphatic heterocycles. The van der Waals surface area contributed by atoms with Gasteiger partial charge < -0.3 is 29.7 Å². The molecule has 1 atom stereocenters. The fraction of sp³-hybridized carbons (Fsp3) is 0.516. The molecule has 2 fully saturated rings. The number of nitrogens with one attached hydrogen (secondary N) is 2. The van der Waals surface area contributed by atoms with Crippen LogP contribution in [0.25, 0.3) is 16.6 Å². The lowest BCUT2D eigenvalue weighted by atomic mass is 9.91. The maximum absolute atomic E-state index is 13.8. The lowest BCUT2D eigenvalue weighted by molar-refractivity contribution is -0.0414. The quantitative estimate of drug-likeness (QED) is 0.450. The zero-order chi connectivity index (χ0) is 29.2. The largest absolute Gasteiger partial charge is 0.444 e. The Morgan fingerprint density at radius 2 is 1.71 bits per heavy atom. The first kappa shape index (κ1) is 27.0. The van der Waals surface area contributed by atoms with E-state index in [0.29, 0.717) is 19.5 Å². The summed E-state index contributed by atoms with van der Waals surface area (Å²) in [6, 6.07) is 8.52. The Morgan fingerprint density at radius 3 is 2.48 bits per heavy atom. The van der Waals surface area contributed by atoms with Crippen LogP contribution in [0.4, 0.5) is 27.8 Å². The van der Waals surface area contributed by atoms with E-state index >= 15 is 0 Å². The third-order valence-corrected chi connectivity index (χ3v) is 8.99. The number of aromatic amines is 1. The smallest absolute Gasteiger partial charge is 0.412 e. The molecule has 7 rings (SSSR count).